The van der Waals surface area contributed by atoms with Gasteiger partial charge in [-0.2, -0.15) is 0 Å². The summed E-state index contributed by atoms with van der Waals surface area (Å²) in [7, 11) is 0. The van der Waals surface area contributed by atoms with Crippen molar-refractivity contribution in [2.75, 3.05) is 49.1 Å². The normalized spacial score (nSPS) is 16.2. The number of carbonyl (C=O) groups excluding carboxylic acids is 1. The topological polar surface area (TPSA) is 52.6 Å². The van der Waals surface area contributed by atoms with E-state index in [1.807, 2.05) is 47.4 Å². The van der Waals surface area contributed by atoms with Gasteiger partial charge >= 0.3 is 0 Å². The molecule has 2 aliphatic rings. The van der Waals surface area contributed by atoms with Crippen LogP contribution in [-0.4, -0.2) is 60.0 Å². The fourth-order valence-corrected chi connectivity index (χ4v) is 4.90. The van der Waals surface area contributed by atoms with Crippen LogP contribution in [0.2, 0.25) is 0 Å². The van der Waals surface area contributed by atoms with Gasteiger partial charge in [0.05, 0.1) is 0 Å². The van der Waals surface area contributed by atoms with Crippen molar-refractivity contribution < 1.29 is 9.18 Å². The van der Waals surface area contributed by atoms with E-state index in [0.29, 0.717) is 12.1 Å². The van der Waals surface area contributed by atoms with Crippen LogP contribution in [0, 0.1) is 5.82 Å². The van der Waals surface area contributed by atoms with E-state index in [1.165, 1.54) is 12.1 Å². The molecule has 0 unspecified atom stereocenters. The number of nitrogens with zero attached hydrogens (tertiary/aromatic N) is 5. The smallest absolute Gasteiger partial charge is 0.259 e. The molecule has 1 saturated heterocycles. The number of hydrogen-bond acceptors (Lipinski definition) is 5. The molecular formula is C27H30FN5O. The van der Waals surface area contributed by atoms with Gasteiger partial charge < -0.3 is 4.90 Å². The van der Waals surface area contributed by atoms with Gasteiger partial charge in [0.1, 0.15) is 18.0 Å². The second-order valence-electron chi connectivity index (χ2n) is 8.96. The molecule has 0 saturated carbocycles. The first-order valence-electron chi connectivity index (χ1n) is 12.1. The molecule has 2 heterocycles. The summed E-state index contributed by atoms with van der Waals surface area (Å²) in [5.41, 5.74) is 3.93. The molecule has 1 aromatic heterocycles. The van der Waals surface area contributed by atoms with E-state index in [9.17, 15) is 9.18 Å². The molecule has 2 aromatic carbocycles. The maximum absolute atomic E-state index is 13.6. The van der Waals surface area contributed by atoms with Crippen molar-refractivity contribution in [3.8, 4) is 0 Å². The zero-order valence-electron chi connectivity index (χ0n) is 19.4. The zero-order chi connectivity index (χ0) is 23.3. The fourth-order valence-electron chi connectivity index (χ4n) is 4.90. The number of rotatable bonds is 6. The monoisotopic (exact) mass is 459 g/mol. The lowest BCUT2D eigenvalue weighted by Crippen LogP contribution is -2.49. The van der Waals surface area contributed by atoms with Crippen molar-refractivity contribution in [3.63, 3.8) is 0 Å². The number of aromatic nitrogens is 2. The van der Waals surface area contributed by atoms with Gasteiger partial charge in [0.25, 0.3) is 5.91 Å². The molecule has 7 heteroatoms. The molecule has 34 heavy (non-hydrogen) atoms. The molecule has 5 rings (SSSR count). The van der Waals surface area contributed by atoms with E-state index >= 15 is 0 Å². The summed E-state index contributed by atoms with van der Waals surface area (Å²) in [6.45, 7) is 4.89. The molecule has 6 nitrogen and oxygen atoms in total. The molecule has 0 N–H and O–H groups in total. The zero-order valence-corrected chi connectivity index (χ0v) is 19.4. The number of amides is 1. The van der Waals surface area contributed by atoms with Crippen molar-refractivity contribution in [2.24, 2.45) is 0 Å². The molecule has 1 amide bonds. The van der Waals surface area contributed by atoms with E-state index in [4.69, 9.17) is 0 Å². The Balaban J connectivity index is 1.30. The number of carbonyl (C=O) groups is 1. The van der Waals surface area contributed by atoms with Crippen LogP contribution in [0.15, 0.2) is 60.9 Å². The van der Waals surface area contributed by atoms with E-state index < -0.39 is 0 Å². The maximum atomic E-state index is 13.6. The average molecular weight is 460 g/mol. The molecule has 0 atom stereocenters. The number of benzene rings is 2. The average Bonchev–Trinajstić information content (AvgIpc) is 2.90. The molecule has 1 fully saturated rings. The Bertz CT molecular complexity index is 1110. The summed E-state index contributed by atoms with van der Waals surface area (Å²) in [6, 6.07) is 16.1. The molecule has 0 spiro atoms. The van der Waals surface area contributed by atoms with E-state index in [1.54, 1.807) is 6.33 Å². The highest BCUT2D eigenvalue weighted by atomic mass is 19.1. The van der Waals surface area contributed by atoms with Crippen LogP contribution in [0.4, 0.5) is 15.9 Å². The quantitative estimate of drug-likeness (QED) is 0.559. The van der Waals surface area contributed by atoms with Crippen molar-refractivity contribution in [2.45, 2.75) is 25.7 Å². The Morgan fingerprint density at radius 2 is 1.65 bits per heavy atom. The van der Waals surface area contributed by atoms with Gasteiger partial charge in [-0.05, 0) is 62.1 Å². The standard InChI is InChI=1S/C27H30FN5O/c28-22-10-12-23(13-11-22)32-17-14-31(15-18-32)16-19-33(27(34)21-6-2-1-3-7-21)26-24-8-4-5-9-25(24)29-20-30-26/h1-3,6-7,10-13,20H,4-5,8-9,14-19H2. The van der Waals surface area contributed by atoms with Crippen LogP contribution in [0.3, 0.4) is 0 Å². The number of fused-ring (bicyclic) bond motifs is 1. The first-order chi connectivity index (χ1) is 16.7. The summed E-state index contributed by atoms with van der Waals surface area (Å²) in [5.74, 6) is 0.540. The van der Waals surface area contributed by atoms with Crippen LogP contribution >= 0.6 is 0 Å². The molecule has 0 bridgehead atoms. The van der Waals surface area contributed by atoms with Gasteiger partial charge in [-0.1, -0.05) is 18.2 Å². The summed E-state index contributed by atoms with van der Waals surface area (Å²) in [4.78, 5) is 29.2. The molecule has 1 aliphatic carbocycles. The lowest BCUT2D eigenvalue weighted by Gasteiger charge is -2.37. The van der Waals surface area contributed by atoms with Crippen LogP contribution in [0.25, 0.3) is 0 Å². The Labute approximate surface area is 200 Å². The van der Waals surface area contributed by atoms with Crippen molar-refractivity contribution >= 4 is 17.4 Å². The van der Waals surface area contributed by atoms with Gasteiger partial charge in [-0.25, -0.2) is 14.4 Å². The summed E-state index contributed by atoms with van der Waals surface area (Å²) >= 11 is 0. The minimum atomic E-state index is -0.211. The number of halogens is 1. The Hall–Kier alpha value is -3.32. The lowest BCUT2D eigenvalue weighted by atomic mass is 9.96. The number of hydrogen-bond donors (Lipinski definition) is 0. The van der Waals surface area contributed by atoms with Gasteiger partial charge in [0.15, 0.2) is 0 Å². The SMILES string of the molecule is O=C(c1ccccc1)N(CCN1CCN(c2ccc(F)cc2)CC1)c1ncnc2c1CCCC2. The fraction of sp³-hybridized carbons (Fsp3) is 0.370. The molecular weight excluding hydrogens is 429 g/mol. The van der Waals surface area contributed by atoms with Crippen LogP contribution in [-0.2, 0) is 12.8 Å². The second kappa shape index (κ2) is 10.3. The Morgan fingerprint density at radius 1 is 0.912 bits per heavy atom. The van der Waals surface area contributed by atoms with E-state index in [-0.39, 0.29) is 11.7 Å². The lowest BCUT2D eigenvalue weighted by molar-refractivity contribution is 0.0982. The minimum Gasteiger partial charge on any atom is -0.369 e. The highest BCUT2D eigenvalue weighted by molar-refractivity contribution is 6.06. The van der Waals surface area contributed by atoms with Crippen molar-refractivity contribution in [1.29, 1.82) is 0 Å². The van der Waals surface area contributed by atoms with Gasteiger partial charge in [0.2, 0.25) is 0 Å². The third kappa shape index (κ3) is 4.94. The second-order valence-corrected chi connectivity index (χ2v) is 8.96. The molecule has 176 valence electrons. The highest BCUT2D eigenvalue weighted by Crippen LogP contribution is 2.28. The number of aryl methyl sites for hydroxylation is 1. The Kier molecular flexibility index (Phi) is 6.81. The highest BCUT2D eigenvalue weighted by Gasteiger charge is 2.26. The van der Waals surface area contributed by atoms with E-state index in [0.717, 1.165) is 81.2 Å². The molecule has 0 radical (unpaired) electrons. The third-order valence-electron chi connectivity index (χ3n) is 6.83. The third-order valence-corrected chi connectivity index (χ3v) is 6.83. The van der Waals surface area contributed by atoms with Crippen LogP contribution in [0.1, 0.15) is 34.5 Å². The number of anilines is 2. The summed E-state index contributed by atoms with van der Waals surface area (Å²) in [6.07, 6.45) is 5.71. The maximum Gasteiger partial charge on any atom is 0.259 e. The summed E-state index contributed by atoms with van der Waals surface area (Å²) < 4.78 is 13.3. The predicted octanol–water partition coefficient (Wildman–Crippen LogP) is 3.96. The first-order valence-corrected chi connectivity index (χ1v) is 12.1. The van der Waals surface area contributed by atoms with Crippen LogP contribution < -0.4 is 9.80 Å². The van der Waals surface area contributed by atoms with Crippen molar-refractivity contribution in [3.05, 3.63) is 83.6 Å². The largest absolute Gasteiger partial charge is 0.369 e. The number of piperazine rings is 1. The minimum absolute atomic E-state index is 0.0166. The van der Waals surface area contributed by atoms with Crippen LogP contribution in [0.5, 0.6) is 0 Å². The van der Waals surface area contributed by atoms with Crippen molar-refractivity contribution in [1.82, 2.24) is 14.9 Å². The van der Waals surface area contributed by atoms with Gasteiger partial charge in [-0.15, -0.1) is 0 Å². The molecule has 1 aliphatic heterocycles. The molecule has 3 aromatic rings. The Morgan fingerprint density at radius 3 is 2.41 bits per heavy atom. The summed E-state index contributed by atoms with van der Waals surface area (Å²) in [5, 5.41) is 0. The van der Waals surface area contributed by atoms with Gasteiger partial charge in [0, 0.05) is 61.8 Å². The first kappa shape index (κ1) is 22.5. The van der Waals surface area contributed by atoms with E-state index in [2.05, 4.69) is 19.8 Å². The van der Waals surface area contributed by atoms with Gasteiger partial charge in [-0.3, -0.25) is 14.6 Å². The predicted molar refractivity (Wildman–Crippen MR) is 132 cm³/mol.